The highest BCUT2D eigenvalue weighted by atomic mass is 16.2. The van der Waals surface area contributed by atoms with Crippen molar-refractivity contribution < 1.29 is 9.59 Å². The number of hydrogen-bond acceptors (Lipinski definition) is 3. The first-order chi connectivity index (χ1) is 7.60. The zero-order valence-electron chi connectivity index (χ0n) is 9.58. The second kappa shape index (κ2) is 4.01. The molecule has 16 heavy (non-hydrogen) atoms. The first-order valence-electron chi connectivity index (χ1n) is 5.79. The Kier molecular flexibility index (Phi) is 2.84. The molecule has 3 atom stereocenters. The number of Topliss-reactive ketones (excluding diaryl/α,β-unsaturated/α-hetero) is 1. The molecule has 4 heteroatoms. The zero-order valence-corrected chi connectivity index (χ0v) is 9.58. The number of carbonyl (C=O) groups excluding carboxylic acids is 2. The van der Waals surface area contributed by atoms with E-state index in [1.165, 1.54) is 6.92 Å². The first-order valence-corrected chi connectivity index (χ1v) is 5.79. The lowest BCUT2D eigenvalue weighted by molar-refractivity contribution is -0.129. The quantitative estimate of drug-likeness (QED) is 0.676. The summed E-state index contributed by atoms with van der Waals surface area (Å²) in [6.45, 7) is 6.10. The number of ketones is 1. The van der Waals surface area contributed by atoms with Crippen LogP contribution in [0.2, 0.25) is 0 Å². The van der Waals surface area contributed by atoms with Crippen LogP contribution in [0.1, 0.15) is 26.2 Å². The van der Waals surface area contributed by atoms with Crippen molar-refractivity contribution in [1.29, 1.82) is 0 Å². The third kappa shape index (κ3) is 1.78. The molecule has 0 aromatic heterocycles. The fraction of sp³-hybridized carbons (Fsp3) is 0.667. The predicted molar refractivity (Wildman–Crippen MR) is 60.9 cm³/mol. The molecule has 1 saturated heterocycles. The minimum atomic E-state index is -0.650. The lowest BCUT2D eigenvalue weighted by atomic mass is 10.1. The SMILES string of the molecule is C=CC1CC1(NC(=O)C1CCCN1)C(C)=O. The van der Waals surface area contributed by atoms with Crippen LogP contribution in [-0.2, 0) is 9.59 Å². The van der Waals surface area contributed by atoms with E-state index in [9.17, 15) is 9.59 Å². The van der Waals surface area contributed by atoms with Crippen molar-refractivity contribution in [2.24, 2.45) is 5.92 Å². The Labute approximate surface area is 95.5 Å². The molecule has 3 unspecified atom stereocenters. The molecule has 1 amide bonds. The van der Waals surface area contributed by atoms with Gasteiger partial charge < -0.3 is 10.6 Å². The van der Waals surface area contributed by atoms with E-state index in [4.69, 9.17) is 0 Å². The second-order valence-corrected chi connectivity index (χ2v) is 4.71. The zero-order chi connectivity index (χ0) is 11.8. The Morgan fingerprint density at radius 2 is 2.31 bits per heavy atom. The average molecular weight is 222 g/mol. The highest BCUT2D eigenvalue weighted by Gasteiger charge is 2.57. The lowest BCUT2D eigenvalue weighted by Gasteiger charge is -2.18. The van der Waals surface area contributed by atoms with Crippen LogP contribution in [0.4, 0.5) is 0 Å². The van der Waals surface area contributed by atoms with Gasteiger partial charge in [-0.2, -0.15) is 0 Å². The minimum Gasteiger partial charge on any atom is -0.342 e. The number of nitrogens with one attached hydrogen (secondary N) is 2. The van der Waals surface area contributed by atoms with Gasteiger partial charge in [-0.1, -0.05) is 6.08 Å². The molecule has 1 aliphatic heterocycles. The van der Waals surface area contributed by atoms with Crippen LogP contribution in [0.5, 0.6) is 0 Å². The molecule has 1 heterocycles. The molecular formula is C12H18N2O2. The molecular weight excluding hydrogens is 204 g/mol. The highest BCUT2D eigenvalue weighted by molar-refractivity contribution is 5.96. The van der Waals surface area contributed by atoms with E-state index < -0.39 is 5.54 Å². The van der Waals surface area contributed by atoms with Crippen molar-refractivity contribution in [3.8, 4) is 0 Å². The van der Waals surface area contributed by atoms with Crippen LogP contribution >= 0.6 is 0 Å². The summed E-state index contributed by atoms with van der Waals surface area (Å²) < 4.78 is 0. The van der Waals surface area contributed by atoms with E-state index in [1.54, 1.807) is 6.08 Å². The number of amides is 1. The fourth-order valence-corrected chi connectivity index (χ4v) is 2.42. The molecule has 2 fully saturated rings. The Hall–Kier alpha value is -1.16. The van der Waals surface area contributed by atoms with Crippen molar-refractivity contribution in [2.75, 3.05) is 6.54 Å². The van der Waals surface area contributed by atoms with Crippen molar-refractivity contribution in [3.63, 3.8) is 0 Å². The van der Waals surface area contributed by atoms with Gasteiger partial charge in [-0.05, 0) is 32.7 Å². The van der Waals surface area contributed by atoms with Crippen LogP contribution in [0, 0.1) is 5.92 Å². The summed E-state index contributed by atoms with van der Waals surface area (Å²) in [7, 11) is 0. The van der Waals surface area contributed by atoms with Gasteiger partial charge in [-0.15, -0.1) is 6.58 Å². The summed E-state index contributed by atoms with van der Waals surface area (Å²) in [4.78, 5) is 23.5. The van der Waals surface area contributed by atoms with Gasteiger partial charge in [-0.3, -0.25) is 9.59 Å². The molecule has 0 aromatic rings. The molecule has 0 bridgehead atoms. The molecule has 0 radical (unpaired) electrons. The van der Waals surface area contributed by atoms with Gasteiger partial charge in [0.25, 0.3) is 0 Å². The maximum absolute atomic E-state index is 11.9. The van der Waals surface area contributed by atoms with E-state index in [0.717, 1.165) is 19.4 Å². The third-order valence-corrected chi connectivity index (χ3v) is 3.65. The standard InChI is InChI=1S/C12H18N2O2/c1-3-9-7-12(9,8(2)15)14-11(16)10-5-4-6-13-10/h3,9-10,13H,1,4-7H2,2H3,(H,14,16). The summed E-state index contributed by atoms with van der Waals surface area (Å²) in [6.07, 6.45) is 4.34. The molecule has 2 rings (SSSR count). The Balaban J connectivity index is 1.99. The number of carbonyl (C=O) groups is 2. The van der Waals surface area contributed by atoms with Crippen LogP contribution in [0.3, 0.4) is 0 Å². The summed E-state index contributed by atoms with van der Waals surface area (Å²) in [5, 5.41) is 6.02. The van der Waals surface area contributed by atoms with Crippen LogP contribution in [0.15, 0.2) is 12.7 Å². The summed E-state index contributed by atoms with van der Waals surface area (Å²) in [6, 6.07) is -0.123. The van der Waals surface area contributed by atoms with Crippen LogP contribution in [-0.4, -0.2) is 29.8 Å². The molecule has 2 aliphatic rings. The van der Waals surface area contributed by atoms with Crippen molar-refractivity contribution in [2.45, 2.75) is 37.8 Å². The Morgan fingerprint density at radius 1 is 1.56 bits per heavy atom. The molecule has 0 spiro atoms. The van der Waals surface area contributed by atoms with Gasteiger partial charge in [-0.25, -0.2) is 0 Å². The topological polar surface area (TPSA) is 58.2 Å². The third-order valence-electron chi connectivity index (χ3n) is 3.65. The molecule has 1 aliphatic carbocycles. The summed E-state index contributed by atoms with van der Waals surface area (Å²) in [5.41, 5.74) is -0.650. The van der Waals surface area contributed by atoms with Gasteiger partial charge in [0, 0.05) is 5.92 Å². The molecule has 4 nitrogen and oxygen atoms in total. The van der Waals surface area contributed by atoms with Crippen LogP contribution < -0.4 is 10.6 Å². The van der Waals surface area contributed by atoms with Gasteiger partial charge in [0.2, 0.25) is 5.91 Å². The van der Waals surface area contributed by atoms with Gasteiger partial charge in [0.05, 0.1) is 6.04 Å². The summed E-state index contributed by atoms with van der Waals surface area (Å²) in [5.74, 6) is 0.0937. The second-order valence-electron chi connectivity index (χ2n) is 4.71. The molecule has 2 N–H and O–H groups in total. The predicted octanol–water partition coefficient (Wildman–Crippen LogP) is 0.388. The van der Waals surface area contributed by atoms with Gasteiger partial charge in [0.15, 0.2) is 5.78 Å². The maximum Gasteiger partial charge on any atom is 0.237 e. The first kappa shape index (κ1) is 11.3. The van der Waals surface area contributed by atoms with E-state index >= 15 is 0 Å². The smallest absolute Gasteiger partial charge is 0.237 e. The van der Waals surface area contributed by atoms with Gasteiger partial charge in [0.1, 0.15) is 5.54 Å². The minimum absolute atomic E-state index is 0.0312. The van der Waals surface area contributed by atoms with E-state index in [1.807, 2.05) is 0 Å². The maximum atomic E-state index is 11.9. The van der Waals surface area contributed by atoms with Gasteiger partial charge >= 0.3 is 0 Å². The average Bonchev–Trinajstić information content (AvgIpc) is 2.74. The van der Waals surface area contributed by atoms with Crippen LogP contribution in [0.25, 0.3) is 0 Å². The molecule has 88 valence electrons. The number of rotatable bonds is 4. The lowest BCUT2D eigenvalue weighted by Crippen LogP contribution is -2.50. The molecule has 0 aromatic carbocycles. The van der Waals surface area contributed by atoms with E-state index in [2.05, 4.69) is 17.2 Å². The molecule has 1 saturated carbocycles. The van der Waals surface area contributed by atoms with E-state index in [0.29, 0.717) is 6.42 Å². The Bertz CT molecular complexity index is 334. The normalized spacial score (nSPS) is 36.8. The fourth-order valence-electron chi connectivity index (χ4n) is 2.42. The summed E-state index contributed by atoms with van der Waals surface area (Å²) >= 11 is 0. The van der Waals surface area contributed by atoms with Crippen molar-refractivity contribution >= 4 is 11.7 Å². The van der Waals surface area contributed by atoms with E-state index in [-0.39, 0.29) is 23.7 Å². The largest absolute Gasteiger partial charge is 0.342 e. The highest BCUT2D eigenvalue weighted by Crippen LogP contribution is 2.45. The van der Waals surface area contributed by atoms with Crippen molar-refractivity contribution in [1.82, 2.24) is 10.6 Å². The Morgan fingerprint density at radius 3 is 2.75 bits per heavy atom. The monoisotopic (exact) mass is 222 g/mol. The number of hydrogen-bond donors (Lipinski definition) is 2. The van der Waals surface area contributed by atoms with Crippen molar-refractivity contribution in [3.05, 3.63) is 12.7 Å².